The first kappa shape index (κ1) is 18.3. The van der Waals surface area contributed by atoms with E-state index >= 15 is 0 Å². The number of phenolic OH excluding ortho intramolecular Hbond substituents is 1. The predicted molar refractivity (Wildman–Crippen MR) is 101 cm³/mol. The van der Waals surface area contributed by atoms with Gasteiger partial charge < -0.3 is 15.2 Å². The number of hydrogen-bond acceptors (Lipinski definition) is 4. The maximum absolute atomic E-state index is 12.5. The lowest BCUT2D eigenvalue weighted by molar-refractivity contribution is -0.123. The average molecular weight is 438 g/mol. The van der Waals surface area contributed by atoms with Crippen LogP contribution in [0, 0.1) is 0 Å². The predicted octanol–water partition coefficient (Wildman–Crippen LogP) is 3.91. The smallest absolute Gasteiger partial charge is 0.329 e. The van der Waals surface area contributed by atoms with E-state index in [4.69, 9.17) is 16.3 Å². The zero-order valence-corrected chi connectivity index (χ0v) is 16.0. The molecule has 1 aliphatic rings. The Labute approximate surface area is 163 Å². The molecule has 2 N–H and O–H groups in total. The van der Waals surface area contributed by atoms with Crippen LogP contribution in [-0.2, 0) is 11.3 Å². The van der Waals surface area contributed by atoms with Crippen molar-refractivity contribution in [3.8, 4) is 11.5 Å². The number of benzene rings is 2. The van der Waals surface area contributed by atoms with Gasteiger partial charge in [-0.15, -0.1) is 0 Å². The fraction of sp³-hybridized carbons (Fsp3) is 0.111. The number of carbonyl (C=O) groups excluding carboxylic acids is 2. The SMILES string of the molecule is COc1cc(/C=C2/NC(=O)N(Cc3ccc(Br)cc3)C2=O)cc(Cl)c1O. The van der Waals surface area contributed by atoms with Crippen molar-refractivity contribution in [3.63, 3.8) is 0 Å². The number of imide groups is 1. The molecule has 3 amide bonds. The van der Waals surface area contributed by atoms with Gasteiger partial charge in [-0.1, -0.05) is 39.7 Å². The van der Waals surface area contributed by atoms with Gasteiger partial charge in [0.05, 0.1) is 18.7 Å². The number of hydrogen-bond donors (Lipinski definition) is 2. The fourth-order valence-electron chi connectivity index (χ4n) is 2.49. The number of phenols is 1. The van der Waals surface area contributed by atoms with Crippen LogP contribution in [0.3, 0.4) is 0 Å². The first-order chi connectivity index (χ1) is 12.4. The van der Waals surface area contributed by atoms with Crippen molar-refractivity contribution < 1.29 is 19.4 Å². The molecule has 26 heavy (non-hydrogen) atoms. The molecule has 1 saturated heterocycles. The topological polar surface area (TPSA) is 78.9 Å². The van der Waals surface area contributed by atoms with Crippen LogP contribution in [0.4, 0.5) is 4.79 Å². The van der Waals surface area contributed by atoms with Crippen molar-refractivity contribution in [2.75, 3.05) is 7.11 Å². The van der Waals surface area contributed by atoms with Gasteiger partial charge in [-0.25, -0.2) is 4.79 Å². The highest BCUT2D eigenvalue weighted by Crippen LogP contribution is 2.35. The number of carbonyl (C=O) groups is 2. The summed E-state index contributed by atoms with van der Waals surface area (Å²) < 4.78 is 5.95. The normalized spacial score (nSPS) is 15.5. The molecule has 134 valence electrons. The molecule has 1 aliphatic heterocycles. The lowest BCUT2D eigenvalue weighted by Gasteiger charge is -2.11. The zero-order chi connectivity index (χ0) is 18.8. The van der Waals surface area contributed by atoms with Gasteiger partial charge in [-0.3, -0.25) is 9.69 Å². The molecular weight excluding hydrogens is 424 g/mol. The van der Waals surface area contributed by atoms with Crippen LogP contribution in [0.25, 0.3) is 6.08 Å². The molecule has 0 unspecified atom stereocenters. The second kappa shape index (κ2) is 7.39. The van der Waals surface area contributed by atoms with E-state index in [0.29, 0.717) is 5.56 Å². The average Bonchev–Trinajstić information content (AvgIpc) is 2.87. The molecule has 8 heteroatoms. The second-order valence-corrected chi connectivity index (χ2v) is 6.88. The minimum Gasteiger partial charge on any atom is -0.503 e. The van der Waals surface area contributed by atoms with Crippen LogP contribution < -0.4 is 10.1 Å². The Morgan fingerprint density at radius 2 is 1.96 bits per heavy atom. The summed E-state index contributed by atoms with van der Waals surface area (Å²) in [5.41, 5.74) is 1.46. The molecule has 0 aliphatic carbocycles. The highest BCUT2D eigenvalue weighted by Gasteiger charge is 2.33. The van der Waals surface area contributed by atoms with Gasteiger partial charge in [0.15, 0.2) is 11.5 Å². The summed E-state index contributed by atoms with van der Waals surface area (Å²) in [6, 6.07) is 9.84. The number of rotatable bonds is 4. The number of nitrogens with zero attached hydrogens (tertiary/aromatic N) is 1. The van der Waals surface area contributed by atoms with Crippen LogP contribution in [0.5, 0.6) is 11.5 Å². The molecule has 0 aromatic heterocycles. The van der Waals surface area contributed by atoms with Crippen molar-refractivity contribution in [1.29, 1.82) is 0 Å². The van der Waals surface area contributed by atoms with E-state index in [1.54, 1.807) is 0 Å². The van der Waals surface area contributed by atoms with Crippen LogP contribution in [0.2, 0.25) is 5.02 Å². The number of urea groups is 1. The number of halogens is 2. The number of ether oxygens (including phenoxy) is 1. The third-order valence-corrected chi connectivity index (χ3v) is 4.61. The monoisotopic (exact) mass is 436 g/mol. The molecule has 0 spiro atoms. The molecule has 0 radical (unpaired) electrons. The summed E-state index contributed by atoms with van der Waals surface area (Å²) in [7, 11) is 1.39. The largest absolute Gasteiger partial charge is 0.503 e. The lowest BCUT2D eigenvalue weighted by atomic mass is 10.1. The van der Waals surface area contributed by atoms with Gasteiger partial charge >= 0.3 is 6.03 Å². The Hall–Kier alpha value is -2.51. The van der Waals surface area contributed by atoms with Gasteiger partial charge in [0.25, 0.3) is 5.91 Å². The number of amides is 3. The Kier molecular flexibility index (Phi) is 5.20. The van der Waals surface area contributed by atoms with E-state index in [-0.39, 0.29) is 28.8 Å². The molecular formula is C18H14BrClN2O4. The van der Waals surface area contributed by atoms with E-state index < -0.39 is 11.9 Å². The van der Waals surface area contributed by atoms with Crippen LogP contribution >= 0.6 is 27.5 Å². The van der Waals surface area contributed by atoms with Crippen LogP contribution in [-0.4, -0.2) is 29.1 Å². The van der Waals surface area contributed by atoms with E-state index in [9.17, 15) is 14.7 Å². The van der Waals surface area contributed by atoms with Gasteiger partial charge in [-0.2, -0.15) is 0 Å². The van der Waals surface area contributed by atoms with Gasteiger partial charge in [0, 0.05) is 4.47 Å². The highest BCUT2D eigenvalue weighted by molar-refractivity contribution is 9.10. The van der Waals surface area contributed by atoms with Crippen molar-refractivity contribution in [2.45, 2.75) is 6.54 Å². The second-order valence-electron chi connectivity index (χ2n) is 5.56. The first-order valence-electron chi connectivity index (χ1n) is 7.54. The standard InChI is InChI=1S/C18H14BrClN2O4/c1-26-15-8-11(6-13(20)16(15)23)7-14-17(24)22(18(25)21-14)9-10-2-4-12(19)5-3-10/h2-8,23H,9H2,1H3,(H,21,25)/b14-7+. The Balaban J connectivity index is 1.85. The Morgan fingerprint density at radius 3 is 2.62 bits per heavy atom. The summed E-state index contributed by atoms with van der Waals surface area (Å²) in [5, 5.41) is 12.4. The van der Waals surface area contributed by atoms with Crippen molar-refractivity contribution in [3.05, 3.63) is 62.7 Å². The highest BCUT2D eigenvalue weighted by atomic mass is 79.9. The quantitative estimate of drug-likeness (QED) is 0.561. The summed E-state index contributed by atoms with van der Waals surface area (Å²) >= 11 is 9.29. The van der Waals surface area contributed by atoms with Crippen LogP contribution in [0.15, 0.2) is 46.6 Å². The first-order valence-corrected chi connectivity index (χ1v) is 8.71. The Bertz CT molecular complexity index is 912. The molecule has 1 heterocycles. The molecule has 1 fully saturated rings. The molecule has 2 aromatic carbocycles. The van der Waals surface area contributed by atoms with Crippen molar-refractivity contribution in [2.24, 2.45) is 0 Å². The van der Waals surface area contributed by atoms with E-state index in [0.717, 1.165) is 14.9 Å². The minimum atomic E-state index is -0.499. The Morgan fingerprint density at radius 1 is 1.27 bits per heavy atom. The van der Waals surface area contributed by atoms with E-state index in [2.05, 4.69) is 21.2 Å². The summed E-state index contributed by atoms with van der Waals surface area (Å²) in [4.78, 5) is 25.8. The molecule has 3 rings (SSSR count). The van der Waals surface area contributed by atoms with Crippen LogP contribution in [0.1, 0.15) is 11.1 Å². The van der Waals surface area contributed by atoms with Crippen molar-refractivity contribution in [1.82, 2.24) is 10.2 Å². The van der Waals surface area contributed by atoms with Gasteiger partial charge in [0.2, 0.25) is 0 Å². The number of aromatic hydroxyl groups is 1. The maximum Gasteiger partial charge on any atom is 0.329 e. The van der Waals surface area contributed by atoms with Crippen molar-refractivity contribution >= 4 is 45.5 Å². The molecule has 2 aromatic rings. The van der Waals surface area contributed by atoms with E-state index in [1.807, 2.05) is 24.3 Å². The molecule has 0 atom stereocenters. The summed E-state index contributed by atoms with van der Waals surface area (Å²) in [5.74, 6) is -0.455. The lowest BCUT2D eigenvalue weighted by Crippen LogP contribution is -2.30. The summed E-state index contributed by atoms with van der Waals surface area (Å²) in [6.07, 6.45) is 1.48. The molecule has 6 nitrogen and oxygen atoms in total. The molecule has 0 saturated carbocycles. The third kappa shape index (κ3) is 3.68. The fourth-order valence-corrected chi connectivity index (χ4v) is 2.97. The van der Waals surface area contributed by atoms with E-state index in [1.165, 1.54) is 25.3 Å². The van der Waals surface area contributed by atoms with Gasteiger partial charge in [-0.05, 0) is 41.5 Å². The third-order valence-electron chi connectivity index (χ3n) is 3.80. The van der Waals surface area contributed by atoms with Gasteiger partial charge in [0.1, 0.15) is 5.70 Å². The number of nitrogens with one attached hydrogen (secondary N) is 1. The minimum absolute atomic E-state index is 0.0830. The maximum atomic E-state index is 12.5. The zero-order valence-electron chi connectivity index (χ0n) is 13.6. The number of methoxy groups -OCH3 is 1. The molecule has 0 bridgehead atoms. The summed E-state index contributed by atoms with van der Waals surface area (Å²) in [6.45, 7) is 0.162.